The highest BCUT2D eigenvalue weighted by molar-refractivity contribution is 6.01. The van der Waals surface area contributed by atoms with Crippen molar-refractivity contribution in [1.29, 1.82) is 0 Å². The Balaban J connectivity index is 1.43. The van der Waals surface area contributed by atoms with E-state index in [0.717, 1.165) is 65.2 Å². The van der Waals surface area contributed by atoms with Gasteiger partial charge in [0.1, 0.15) is 23.4 Å². The monoisotopic (exact) mass is 527 g/mol. The number of hydrogen-bond donors (Lipinski definition) is 1. The molecule has 1 N–H and O–H groups in total. The van der Waals surface area contributed by atoms with E-state index < -0.39 is 6.36 Å². The third-order valence-corrected chi connectivity index (χ3v) is 7.02. The molecule has 3 aromatic rings. The van der Waals surface area contributed by atoms with E-state index in [1.165, 1.54) is 12.1 Å². The second kappa shape index (κ2) is 11.1. The Morgan fingerprint density at radius 3 is 2.32 bits per heavy atom. The third-order valence-electron chi connectivity index (χ3n) is 7.02. The summed E-state index contributed by atoms with van der Waals surface area (Å²) in [6, 6.07) is 19.1. The van der Waals surface area contributed by atoms with Crippen molar-refractivity contribution in [1.82, 2.24) is 4.90 Å². The molecular formula is C30H29F4NO3. The van der Waals surface area contributed by atoms with Crippen molar-refractivity contribution < 1.29 is 32.1 Å². The lowest BCUT2D eigenvalue weighted by Gasteiger charge is -2.25. The number of likely N-dealkylation sites (tertiary alicyclic amines) is 1. The Morgan fingerprint density at radius 2 is 1.61 bits per heavy atom. The van der Waals surface area contributed by atoms with Gasteiger partial charge in [-0.15, -0.1) is 13.2 Å². The number of allylic oxidation sites excluding steroid dienone is 1. The molecule has 0 saturated carbocycles. The first-order chi connectivity index (χ1) is 18.3. The lowest BCUT2D eigenvalue weighted by atomic mass is 9.79. The van der Waals surface area contributed by atoms with Gasteiger partial charge in [-0.05, 0) is 95.5 Å². The molecule has 1 aliphatic carbocycles. The maximum Gasteiger partial charge on any atom is 0.573 e. The van der Waals surface area contributed by atoms with Gasteiger partial charge in [0, 0.05) is 19.6 Å². The van der Waals surface area contributed by atoms with Crippen LogP contribution >= 0.6 is 0 Å². The maximum absolute atomic E-state index is 12.6. The summed E-state index contributed by atoms with van der Waals surface area (Å²) in [6.45, 7) is 2.11. The van der Waals surface area contributed by atoms with Crippen LogP contribution in [0.25, 0.3) is 11.1 Å². The van der Waals surface area contributed by atoms with E-state index in [4.69, 9.17) is 4.74 Å². The number of alkyl halides is 4. The fourth-order valence-electron chi connectivity index (χ4n) is 5.33. The van der Waals surface area contributed by atoms with Gasteiger partial charge in [-0.1, -0.05) is 30.3 Å². The average molecular weight is 528 g/mol. The molecule has 0 unspecified atom stereocenters. The summed E-state index contributed by atoms with van der Waals surface area (Å²) in [5, 5.41) is 10.0. The quantitative estimate of drug-likeness (QED) is 0.320. The molecule has 0 spiro atoms. The first kappa shape index (κ1) is 26.1. The van der Waals surface area contributed by atoms with Crippen LogP contribution in [-0.4, -0.2) is 48.8 Å². The number of halogens is 4. The molecule has 0 aromatic heterocycles. The first-order valence-corrected chi connectivity index (χ1v) is 12.8. The Morgan fingerprint density at radius 1 is 0.895 bits per heavy atom. The van der Waals surface area contributed by atoms with Crippen LogP contribution in [0.4, 0.5) is 17.6 Å². The molecule has 2 aliphatic rings. The number of nitrogens with zero attached hydrogens (tertiary/aromatic N) is 1. The molecule has 38 heavy (non-hydrogen) atoms. The highest BCUT2D eigenvalue weighted by Crippen LogP contribution is 2.42. The van der Waals surface area contributed by atoms with Gasteiger partial charge in [0.2, 0.25) is 0 Å². The zero-order valence-corrected chi connectivity index (χ0v) is 20.8. The fourth-order valence-corrected chi connectivity index (χ4v) is 5.33. The molecule has 8 heteroatoms. The lowest BCUT2D eigenvalue weighted by Crippen LogP contribution is -2.26. The van der Waals surface area contributed by atoms with Crippen molar-refractivity contribution in [2.45, 2.75) is 38.1 Å². The van der Waals surface area contributed by atoms with Gasteiger partial charge in [0.15, 0.2) is 0 Å². The summed E-state index contributed by atoms with van der Waals surface area (Å²) in [5.41, 5.74) is 5.74. The van der Waals surface area contributed by atoms with E-state index in [1.807, 2.05) is 30.3 Å². The van der Waals surface area contributed by atoms with Crippen LogP contribution in [0.2, 0.25) is 0 Å². The van der Waals surface area contributed by atoms with E-state index >= 15 is 0 Å². The van der Waals surface area contributed by atoms with Gasteiger partial charge >= 0.3 is 6.36 Å². The van der Waals surface area contributed by atoms with Crippen LogP contribution in [-0.2, 0) is 6.42 Å². The van der Waals surface area contributed by atoms with Gasteiger partial charge in [-0.25, -0.2) is 0 Å². The van der Waals surface area contributed by atoms with Crippen LogP contribution in [0, 0.1) is 0 Å². The second-order valence-corrected chi connectivity index (χ2v) is 9.66. The van der Waals surface area contributed by atoms with Crippen LogP contribution in [0.5, 0.6) is 17.2 Å². The molecule has 1 fully saturated rings. The average Bonchev–Trinajstić information content (AvgIpc) is 3.34. The fraction of sp³-hybridized carbons (Fsp3) is 0.333. The number of aryl methyl sites for hydroxylation is 1. The standard InChI is InChI=1S/C30H29F4NO3/c31-15-1-16-35-17-14-26(19-35)37-24-8-4-21(5-9-24)29-27(12-6-22-18-23(36)7-13-28(22)29)20-2-10-25(11-3-20)38-30(32,33)34/h2-5,7-11,13,18,26,36H,1,6,12,14-17,19H2/t26-/m0/s1. The Hall–Kier alpha value is -3.52. The number of rotatable bonds is 8. The molecule has 5 rings (SSSR count). The molecule has 1 heterocycles. The Labute approximate surface area is 219 Å². The molecule has 1 atom stereocenters. The molecule has 1 saturated heterocycles. The number of phenols is 1. The molecule has 0 radical (unpaired) electrons. The largest absolute Gasteiger partial charge is 0.573 e. The molecule has 3 aromatic carbocycles. The summed E-state index contributed by atoms with van der Waals surface area (Å²) >= 11 is 0. The normalized spacial score (nSPS) is 17.9. The SMILES string of the molecule is Oc1ccc2c(c1)CCC(c1ccc(OC(F)(F)F)cc1)=C2c1ccc(O[C@H]2CCN(CCCF)C2)cc1. The van der Waals surface area contributed by atoms with Crippen molar-refractivity contribution in [3.05, 3.63) is 89.0 Å². The molecular weight excluding hydrogens is 498 g/mol. The lowest BCUT2D eigenvalue weighted by molar-refractivity contribution is -0.274. The van der Waals surface area contributed by atoms with Crippen molar-refractivity contribution in [3.8, 4) is 17.2 Å². The topological polar surface area (TPSA) is 41.9 Å². The summed E-state index contributed by atoms with van der Waals surface area (Å²) in [4.78, 5) is 2.22. The summed E-state index contributed by atoms with van der Waals surface area (Å²) in [5.74, 6) is 0.686. The number of fused-ring (bicyclic) bond motifs is 1. The van der Waals surface area contributed by atoms with Crippen LogP contribution in [0.3, 0.4) is 0 Å². The number of aromatic hydroxyl groups is 1. The molecule has 1 aliphatic heterocycles. The molecule has 0 bridgehead atoms. The second-order valence-electron chi connectivity index (χ2n) is 9.66. The Bertz CT molecular complexity index is 1290. The van der Waals surface area contributed by atoms with Gasteiger partial charge < -0.3 is 14.6 Å². The van der Waals surface area contributed by atoms with Crippen LogP contribution < -0.4 is 9.47 Å². The minimum atomic E-state index is -4.74. The number of phenolic OH excluding ortho intramolecular Hbond substituents is 1. The van der Waals surface area contributed by atoms with Crippen molar-refractivity contribution in [3.63, 3.8) is 0 Å². The Kier molecular flexibility index (Phi) is 7.61. The van der Waals surface area contributed by atoms with E-state index in [9.17, 15) is 22.7 Å². The number of benzene rings is 3. The van der Waals surface area contributed by atoms with Crippen molar-refractivity contribution in [2.75, 3.05) is 26.3 Å². The molecule has 4 nitrogen and oxygen atoms in total. The highest BCUT2D eigenvalue weighted by Gasteiger charge is 2.31. The summed E-state index contributed by atoms with van der Waals surface area (Å²) in [6.07, 6.45) is -1.88. The number of ether oxygens (including phenoxy) is 2. The minimum absolute atomic E-state index is 0.0612. The molecule has 200 valence electrons. The minimum Gasteiger partial charge on any atom is -0.508 e. The predicted molar refractivity (Wildman–Crippen MR) is 138 cm³/mol. The van der Waals surface area contributed by atoms with Gasteiger partial charge in [-0.3, -0.25) is 9.29 Å². The first-order valence-electron chi connectivity index (χ1n) is 12.8. The zero-order chi connectivity index (χ0) is 26.7. The van der Waals surface area contributed by atoms with Gasteiger partial charge in [0.05, 0.1) is 6.67 Å². The maximum atomic E-state index is 12.6. The van der Waals surface area contributed by atoms with E-state index in [1.54, 1.807) is 24.3 Å². The smallest absolute Gasteiger partial charge is 0.508 e. The predicted octanol–water partition coefficient (Wildman–Crippen LogP) is 7.01. The number of hydrogen-bond acceptors (Lipinski definition) is 4. The summed E-state index contributed by atoms with van der Waals surface area (Å²) < 4.78 is 60.6. The van der Waals surface area contributed by atoms with E-state index in [0.29, 0.717) is 19.3 Å². The van der Waals surface area contributed by atoms with Crippen LogP contribution in [0.1, 0.15) is 41.5 Å². The molecule has 0 amide bonds. The van der Waals surface area contributed by atoms with Gasteiger partial charge in [-0.2, -0.15) is 0 Å². The summed E-state index contributed by atoms with van der Waals surface area (Å²) in [7, 11) is 0. The van der Waals surface area contributed by atoms with Crippen LogP contribution in [0.15, 0.2) is 66.7 Å². The highest BCUT2D eigenvalue weighted by atomic mass is 19.4. The van der Waals surface area contributed by atoms with Gasteiger partial charge in [0.25, 0.3) is 0 Å². The zero-order valence-electron chi connectivity index (χ0n) is 20.8. The third kappa shape index (κ3) is 6.13. The van der Waals surface area contributed by atoms with E-state index in [2.05, 4.69) is 9.64 Å². The van der Waals surface area contributed by atoms with Crippen molar-refractivity contribution in [2.24, 2.45) is 0 Å². The van der Waals surface area contributed by atoms with Crippen molar-refractivity contribution >= 4 is 11.1 Å². The van der Waals surface area contributed by atoms with E-state index in [-0.39, 0.29) is 24.3 Å².